The van der Waals surface area contributed by atoms with E-state index in [-0.39, 0.29) is 11.9 Å². The van der Waals surface area contributed by atoms with Gasteiger partial charge in [0.1, 0.15) is 6.04 Å². The molecule has 0 saturated heterocycles. The Balaban J connectivity index is 3.45. The van der Waals surface area contributed by atoms with Crippen molar-refractivity contribution in [2.75, 3.05) is 12.4 Å². The molecule has 0 aromatic carbocycles. The maximum atomic E-state index is 10.2. The largest absolute Gasteiger partial charge is 0.480 e. The number of aliphatic hydroxyl groups is 1. The van der Waals surface area contributed by atoms with E-state index < -0.39 is 12.0 Å². The molecular weight excluding hydrogens is 166 g/mol. The zero-order valence-corrected chi connectivity index (χ0v) is 7.17. The Morgan fingerprint density at radius 1 is 1.73 bits per heavy atom. The van der Waals surface area contributed by atoms with Crippen LogP contribution >= 0.6 is 11.8 Å². The van der Waals surface area contributed by atoms with Crippen LogP contribution in [0.3, 0.4) is 0 Å². The molecule has 5 heteroatoms. The summed E-state index contributed by atoms with van der Waals surface area (Å²) in [4.78, 5) is 10.2. The number of nitrogens with two attached hydrogens (primary N) is 1. The first-order valence-electron chi connectivity index (χ1n) is 3.28. The van der Waals surface area contributed by atoms with Crippen LogP contribution in [0.1, 0.15) is 6.92 Å². The first-order chi connectivity index (χ1) is 5.07. The molecule has 0 aromatic heterocycles. The van der Waals surface area contributed by atoms with Gasteiger partial charge in [-0.2, -0.15) is 11.8 Å². The third-order valence-electron chi connectivity index (χ3n) is 1.13. The van der Waals surface area contributed by atoms with Crippen molar-refractivity contribution < 1.29 is 15.0 Å². The van der Waals surface area contributed by atoms with E-state index in [0.717, 1.165) is 0 Å². The number of hydrogen-bond donors (Lipinski definition) is 3. The second kappa shape index (κ2) is 5.40. The van der Waals surface area contributed by atoms with E-state index in [2.05, 4.69) is 0 Å². The molecule has 4 nitrogen and oxygen atoms in total. The molecule has 0 aliphatic heterocycles. The predicted molar refractivity (Wildman–Crippen MR) is 44.6 cm³/mol. The Labute approximate surface area is 69.8 Å². The van der Waals surface area contributed by atoms with E-state index in [1.807, 2.05) is 6.92 Å². The third kappa shape index (κ3) is 5.06. The lowest BCUT2D eigenvalue weighted by atomic mass is 10.4. The van der Waals surface area contributed by atoms with Gasteiger partial charge in [-0.3, -0.25) is 4.79 Å². The van der Waals surface area contributed by atoms with Gasteiger partial charge >= 0.3 is 5.97 Å². The Morgan fingerprint density at radius 3 is 2.64 bits per heavy atom. The highest BCUT2D eigenvalue weighted by atomic mass is 32.2. The predicted octanol–water partition coefficient (Wildman–Crippen LogP) is -0.488. The first kappa shape index (κ1) is 10.7. The van der Waals surface area contributed by atoms with Gasteiger partial charge in [-0.25, -0.2) is 0 Å². The van der Waals surface area contributed by atoms with E-state index in [1.165, 1.54) is 11.8 Å². The molecule has 0 bridgehead atoms. The quantitative estimate of drug-likeness (QED) is 0.530. The standard InChI is InChI=1S/C6H13NO3S/c1-4(2-8)11-3-5(7)6(9)10/h4-5,8H,2-3,7H2,1H3,(H,9,10)/t4-,5-/m1/s1. The average Bonchev–Trinajstić information content (AvgIpc) is 1.99. The fourth-order valence-electron chi connectivity index (χ4n) is 0.392. The highest BCUT2D eigenvalue weighted by Gasteiger charge is 2.12. The Bertz CT molecular complexity index is 131. The number of carbonyl (C=O) groups is 1. The number of aliphatic carboxylic acids is 1. The van der Waals surface area contributed by atoms with Gasteiger partial charge in [-0.1, -0.05) is 6.92 Å². The van der Waals surface area contributed by atoms with Crippen LogP contribution in [0.4, 0.5) is 0 Å². The van der Waals surface area contributed by atoms with Gasteiger partial charge in [-0.05, 0) is 0 Å². The Hall–Kier alpha value is -0.260. The summed E-state index contributed by atoms with van der Waals surface area (Å²) < 4.78 is 0. The lowest BCUT2D eigenvalue weighted by Gasteiger charge is -2.09. The zero-order valence-electron chi connectivity index (χ0n) is 6.36. The summed E-state index contributed by atoms with van der Waals surface area (Å²) in [6.45, 7) is 1.87. The minimum Gasteiger partial charge on any atom is -0.480 e. The third-order valence-corrected chi connectivity index (χ3v) is 2.40. The van der Waals surface area contributed by atoms with Crippen LogP contribution < -0.4 is 5.73 Å². The SMILES string of the molecule is C[C@H](CO)SC[C@@H](N)C(=O)O. The van der Waals surface area contributed by atoms with E-state index >= 15 is 0 Å². The fourth-order valence-corrected chi connectivity index (χ4v) is 1.18. The molecule has 66 valence electrons. The molecule has 11 heavy (non-hydrogen) atoms. The summed E-state index contributed by atoms with van der Waals surface area (Å²) in [5.41, 5.74) is 5.22. The van der Waals surface area contributed by atoms with Gasteiger partial charge < -0.3 is 15.9 Å². The van der Waals surface area contributed by atoms with E-state index in [1.54, 1.807) is 0 Å². The van der Waals surface area contributed by atoms with Crippen LogP contribution in [0.15, 0.2) is 0 Å². The number of hydrogen-bond acceptors (Lipinski definition) is 4. The Kier molecular flexibility index (Phi) is 5.27. The minimum atomic E-state index is -0.998. The van der Waals surface area contributed by atoms with Gasteiger partial charge in [0, 0.05) is 11.0 Å². The van der Waals surface area contributed by atoms with Crippen molar-refractivity contribution in [3.05, 3.63) is 0 Å². The van der Waals surface area contributed by atoms with E-state index in [0.29, 0.717) is 5.75 Å². The monoisotopic (exact) mass is 179 g/mol. The maximum Gasteiger partial charge on any atom is 0.321 e. The Morgan fingerprint density at radius 2 is 2.27 bits per heavy atom. The summed E-state index contributed by atoms with van der Waals surface area (Å²) in [5, 5.41) is 17.0. The topological polar surface area (TPSA) is 83.5 Å². The lowest BCUT2D eigenvalue weighted by Crippen LogP contribution is -2.33. The molecule has 0 spiro atoms. The van der Waals surface area contributed by atoms with Crippen LogP contribution in [-0.2, 0) is 4.79 Å². The highest BCUT2D eigenvalue weighted by molar-refractivity contribution is 7.99. The molecule has 0 fully saturated rings. The second-order valence-corrected chi connectivity index (χ2v) is 3.74. The fraction of sp³-hybridized carbons (Fsp3) is 0.833. The molecule has 0 radical (unpaired) electrons. The summed E-state index contributed by atoms with van der Waals surface area (Å²) in [6.07, 6.45) is 0. The summed E-state index contributed by atoms with van der Waals surface area (Å²) in [7, 11) is 0. The first-order valence-corrected chi connectivity index (χ1v) is 4.33. The number of rotatable bonds is 5. The van der Waals surface area contributed by atoms with Crippen LogP contribution in [0.2, 0.25) is 0 Å². The number of aliphatic hydroxyl groups excluding tert-OH is 1. The molecular formula is C6H13NO3S. The van der Waals surface area contributed by atoms with E-state index in [9.17, 15) is 4.79 Å². The highest BCUT2D eigenvalue weighted by Crippen LogP contribution is 2.09. The zero-order chi connectivity index (χ0) is 8.85. The summed E-state index contributed by atoms with van der Waals surface area (Å²) in [5.74, 6) is -0.653. The maximum absolute atomic E-state index is 10.2. The molecule has 0 rings (SSSR count). The second-order valence-electron chi connectivity index (χ2n) is 2.27. The lowest BCUT2D eigenvalue weighted by molar-refractivity contribution is -0.137. The molecule has 0 aliphatic carbocycles. The van der Waals surface area contributed by atoms with Gasteiger partial charge in [0.2, 0.25) is 0 Å². The molecule has 0 heterocycles. The summed E-state index contributed by atoms with van der Waals surface area (Å²) >= 11 is 1.36. The van der Waals surface area contributed by atoms with Gasteiger partial charge in [0.15, 0.2) is 0 Å². The molecule has 4 N–H and O–H groups in total. The molecule has 0 amide bonds. The van der Waals surface area contributed by atoms with Crippen molar-refractivity contribution in [3.63, 3.8) is 0 Å². The number of carboxylic acid groups (broad SMARTS) is 1. The average molecular weight is 179 g/mol. The molecule has 0 saturated carbocycles. The minimum absolute atomic E-state index is 0.0526. The molecule has 0 aromatic rings. The molecule has 0 aliphatic rings. The van der Waals surface area contributed by atoms with Crippen molar-refractivity contribution in [1.82, 2.24) is 0 Å². The smallest absolute Gasteiger partial charge is 0.321 e. The van der Waals surface area contributed by atoms with Crippen molar-refractivity contribution in [2.24, 2.45) is 5.73 Å². The van der Waals surface area contributed by atoms with Crippen LogP contribution in [-0.4, -0.2) is 39.8 Å². The van der Waals surface area contributed by atoms with Crippen molar-refractivity contribution in [3.8, 4) is 0 Å². The van der Waals surface area contributed by atoms with Crippen molar-refractivity contribution in [2.45, 2.75) is 18.2 Å². The number of thioether (sulfide) groups is 1. The van der Waals surface area contributed by atoms with Crippen LogP contribution in [0, 0.1) is 0 Å². The number of carboxylic acids is 1. The van der Waals surface area contributed by atoms with Gasteiger partial charge in [-0.15, -0.1) is 0 Å². The normalized spacial score (nSPS) is 15.9. The molecule has 0 unspecified atom stereocenters. The van der Waals surface area contributed by atoms with Gasteiger partial charge in [0.25, 0.3) is 0 Å². The summed E-state index contributed by atoms with van der Waals surface area (Å²) in [6, 6.07) is -0.825. The van der Waals surface area contributed by atoms with Gasteiger partial charge in [0.05, 0.1) is 6.61 Å². The van der Waals surface area contributed by atoms with Crippen LogP contribution in [0.25, 0.3) is 0 Å². The van der Waals surface area contributed by atoms with Crippen LogP contribution in [0.5, 0.6) is 0 Å². The van der Waals surface area contributed by atoms with Crippen molar-refractivity contribution >= 4 is 17.7 Å². The molecule has 2 atom stereocenters. The van der Waals surface area contributed by atoms with E-state index in [4.69, 9.17) is 15.9 Å². The van der Waals surface area contributed by atoms with Crippen molar-refractivity contribution in [1.29, 1.82) is 0 Å².